The number of aliphatic hydroxyl groups is 1. The molecular weight excluding hydrogens is 885 g/mol. The standard InChI is InChI=1S/C22H23N3O5.C12H13N3O2.C10H12O4.C2H4O2.C2H6O/c1-27-18-11-14(12-19(28-2)21(18)30-4)13-24-25-22(26)20(29-3)16-7-5-9-17-15(16)8-6-10-23-17;1-17-11(12(16)15-13)9-4-2-6-10-8(9)5-3-7-14-10;1-12-8-4-7(6-11)5-9(13-2)10(8)14-3;1-2(3)4;1-2-3/h5-13,20H,1-4H3,(H,25,26);2-7,11H,13H2,1H3,(H,15,16);4-6H,1-3H3;1H3,(H,3,4);3H,2H2,1H3/b24-13+;;;;. The second-order valence-electron chi connectivity index (χ2n) is 13.2. The number of ether oxygens (including phenoxy) is 8. The van der Waals surface area contributed by atoms with Crippen molar-refractivity contribution >= 4 is 52.1 Å². The Hall–Kier alpha value is -7.91. The van der Waals surface area contributed by atoms with E-state index in [1.54, 1.807) is 43.6 Å². The van der Waals surface area contributed by atoms with Gasteiger partial charge in [-0.05, 0) is 66.6 Å². The van der Waals surface area contributed by atoms with Gasteiger partial charge in [0.2, 0.25) is 11.5 Å². The summed E-state index contributed by atoms with van der Waals surface area (Å²) in [5, 5.41) is 20.8. The number of aldehydes is 1. The molecule has 2 unspecified atom stereocenters. The van der Waals surface area contributed by atoms with Crippen LogP contribution in [0.2, 0.25) is 0 Å². The molecule has 0 fully saturated rings. The number of aliphatic carboxylic acids is 1. The first-order valence-electron chi connectivity index (χ1n) is 20.2. The highest BCUT2D eigenvalue weighted by molar-refractivity contribution is 5.92. The first kappa shape index (κ1) is 56.2. The third-order valence-corrected chi connectivity index (χ3v) is 8.91. The van der Waals surface area contributed by atoms with Gasteiger partial charge >= 0.3 is 0 Å². The van der Waals surface area contributed by atoms with E-state index >= 15 is 0 Å². The summed E-state index contributed by atoms with van der Waals surface area (Å²) in [4.78, 5) is 52.5. The van der Waals surface area contributed by atoms with E-state index in [9.17, 15) is 14.4 Å². The summed E-state index contributed by atoms with van der Waals surface area (Å²) in [5.41, 5.74) is 8.82. The number of nitrogens with two attached hydrogens (primary N) is 1. The van der Waals surface area contributed by atoms with Crippen molar-refractivity contribution in [1.82, 2.24) is 20.8 Å². The van der Waals surface area contributed by atoms with Gasteiger partial charge in [0.25, 0.3) is 17.8 Å². The quantitative estimate of drug-likeness (QED) is 0.0275. The van der Waals surface area contributed by atoms with Gasteiger partial charge in [0.1, 0.15) is 6.29 Å². The lowest BCUT2D eigenvalue weighted by Crippen LogP contribution is -2.35. The Morgan fingerprint density at radius 3 is 1.37 bits per heavy atom. The number of nitrogens with zero attached hydrogens (tertiary/aromatic N) is 3. The van der Waals surface area contributed by atoms with Crippen LogP contribution in [0.5, 0.6) is 34.5 Å². The number of carbonyl (C=O) groups excluding carboxylic acids is 3. The summed E-state index contributed by atoms with van der Waals surface area (Å²) < 4.78 is 41.8. The van der Waals surface area contributed by atoms with Crippen LogP contribution in [0, 0.1) is 0 Å². The normalized spacial score (nSPS) is 10.9. The average molecular weight is 943 g/mol. The number of amides is 2. The van der Waals surface area contributed by atoms with Crippen LogP contribution < -0.4 is 45.1 Å². The Kier molecular flexibility index (Phi) is 25.1. The lowest BCUT2D eigenvalue weighted by molar-refractivity contribution is -0.134. The molecule has 2 heterocycles. The van der Waals surface area contributed by atoms with E-state index in [-0.39, 0.29) is 12.5 Å². The number of hydrogen-bond acceptors (Lipinski definition) is 17. The molecule has 0 saturated heterocycles. The lowest BCUT2D eigenvalue weighted by Gasteiger charge is -2.16. The van der Waals surface area contributed by atoms with Gasteiger partial charge in [0, 0.05) is 62.0 Å². The third kappa shape index (κ3) is 16.2. The number of carbonyl (C=O) groups is 4. The molecule has 6 rings (SSSR count). The van der Waals surface area contributed by atoms with Gasteiger partial charge in [0.15, 0.2) is 35.2 Å². The summed E-state index contributed by atoms with van der Waals surface area (Å²) >= 11 is 0. The van der Waals surface area contributed by atoms with Gasteiger partial charge in [-0.1, -0.05) is 36.4 Å². The van der Waals surface area contributed by atoms with Crippen LogP contribution in [0.15, 0.2) is 102 Å². The van der Waals surface area contributed by atoms with Gasteiger partial charge in [0.05, 0.1) is 59.9 Å². The molecule has 0 aliphatic carbocycles. The Labute approximate surface area is 393 Å². The van der Waals surface area contributed by atoms with Crippen LogP contribution in [0.25, 0.3) is 21.8 Å². The lowest BCUT2D eigenvalue weighted by atomic mass is 10.0. The van der Waals surface area contributed by atoms with Gasteiger partial charge in [-0.25, -0.2) is 11.3 Å². The van der Waals surface area contributed by atoms with E-state index in [1.807, 2.05) is 60.7 Å². The van der Waals surface area contributed by atoms with Crippen molar-refractivity contribution in [2.45, 2.75) is 26.1 Å². The molecule has 20 nitrogen and oxygen atoms in total. The van der Waals surface area contributed by atoms with Crippen LogP contribution in [-0.4, -0.2) is 114 Å². The first-order valence-corrected chi connectivity index (χ1v) is 20.2. The number of hydrazone groups is 1. The zero-order valence-electron chi connectivity index (χ0n) is 39.5. The molecule has 4 aromatic carbocycles. The van der Waals surface area contributed by atoms with Gasteiger partial charge in [-0.3, -0.25) is 34.6 Å². The highest BCUT2D eigenvalue weighted by atomic mass is 16.5. The highest BCUT2D eigenvalue weighted by Gasteiger charge is 2.23. The monoisotopic (exact) mass is 942 g/mol. The molecule has 0 radical (unpaired) electrons. The van der Waals surface area contributed by atoms with E-state index in [1.165, 1.54) is 63.1 Å². The number of hydrazine groups is 1. The van der Waals surface area contributed by atoms with E-state index in [2.05, 4.69) is 25.9 Å². The fourth-order valence-electron chi connectivity index (χ4n) is 6.11. The number of benzene rings is 4. The minimum Gasteiger partial charge on any atom is -0.493 e. The number of carboxylic acid groups (broad SMARTS) is 1. The van der Waals surface area contributed by atoms with Gasteiger partial charge < -0.3 is 48.1 Å². The van der Waals surface area contributed by atoms with E-state index in [4.69, 9.17) is 58.7 Å². The fourth-order valence-corrected chi connectivity index (χ4v) is 6.11. The van der Waals surface area contributed by atoms with Gasteiger partial charge in [-0.15, -0.1) is 0 Å². The molecule has 2 amide bonds. The molecule has 0 saturated carbocycles. The summed E-state index contributed by atoms with van der Waals surface area (Å²) in [5.74, 6) is 6.41. The molecule has 6 aromatic rings. The first-order chi connectivity index (χ1) is 32.8. The van der Waals surface area contributed by atoms with Crippen molar-refractivity contribution < 1.29 is 67.3 Å². The molecule has 0 bridgehead atoms. The number of methoxy groups -OCH3 is 8. The zero-order valence-corrected chi connectivity index (χ0v) is 39.5. The highest BCUT2D eigenvalue weighted by Crippen LogP contribution is 2.39. The summed E-state index contributed by atoms with van der Waals surface area (Å²) in [6.07, 6.45) is 4.06. The minimum atomic E-state index is -0.838. The number of rotatable bonds is 15. The van der Waals surface area contributed by atoms with Crippen molar-refractivity contribution in [3.05, 3.63) is 120 Å². The van der Waals surface area contributed by atoms with Crippen molar-refractivity contribution in [2.24, 2.45) is 10.9 Å². The molecule has 6 N–H and O–H groups in total. The number of nitrogens with one attached hydrogen (secondary N) is 2. The van der Waals surface area contributed by atoms with Crippen LogP contribution >= 0.6 is 0 Å². The van der Waals surface area contributed by atoms with E-state index < -0.39 is 24.1 Å². The Morgan fingerprint density at radius 2 is 1.03 bits per heavy atom. The van der Waals surface area contributed by atoms with E-state index in [0.29, 0.717) is 51.2 Å². The summed E-state index contributed by atoms with van der Waals surface area (Å²) in [6, 6.07) is 25.2. The molecule has 2 atom stereocenters. The number of hydrogen-bond donors (Lipinski definition) is 5. The Morgan fingerprint density at radius 1 is 0.647 bits per heavy atom. The zero-order chi connectivity index (χ0) is 50.6. The molecule has 0 aliphatic heterocycles. The third-order valence-electron chi connectivity index (χ3n) is 8.91. The second kappa shape index (κ2) is 30.3. The largest absolute Gasteiger partial charge is 0.493 e. The maximum atomic E-state index is 12.7. The van der Waals surface area contributed by atoms with Crippen LogP contribution in [-0.2, 0) is 23.9 Å². The van der Waals surface area contributed by atoms with Crippen molar-refractivity contribution in [3.63, 3.8) is 0 Å². The van der Waals surface area contributed by atoms with Crippen molar-refractivity contribution in [3.8, 4) is 34.5 Å². The number of fused-ring (bicyclic) bond motifs is 2. The summed E-state index contributed by atoms with van der Waals surface area (Å²) in [7, 11) is 12.1. The Balaban J connectivity index is 0.000000352. The number of aliphatic hydroxyl groups excluding tert-OH is 1. The van der Waals surface area contributed by atoms with Crippen LogP contribution in [0.3, 0.4) is 0 Å². The SMILES string of the molecule is CC(=O)O.CCO.COC(C(=O)NN)c1cccc2ncccc12.COc1cc(/C=N/NC(=O)C(OC)c2cccc3ncccc23)cc(OC)c1OC.COc1cc(C=O)cc(OC)c1OC. The Bertz CT molecular complexity index is 2510. The summed E-state index contributed by atoms with van der Waals surface area (Å²) in [6.45, 7) is 3.01. The number of carboxylic acids is 1. The van der Waals surface area contributed by atoms with Crippen molar-refractivity contribution in [2.75, 3.05) is 63.5 Å². The number of pyridine rings is 2. The molecule has 68 heavy (non-hydrogen) atoms. The fraction of sp³-hybridized carbons (Fsp3) is 0.271. The predicted octanol–water partition coefficient (Wildman–Crippen LogP) is 5.63. The van der Waals surface area contributed by atoms with Crippen LogP contribution in [0.1, 0.15) is 53.1 Å². The smallest absolute Gasteiger partial charge is 0.300 e. The molecule has 0 aliphatic rings. The molecule has 0 spiro atoms. The molecular formula is C48H58N6O14. The molecule has 364 valence electrons. The average Bonchev–Trinajstić information content (AvgIpc) is 3.36. The number of aromatic nitrogens is 2. The van der Waals surface area contributed by atoms with Crippen LogP contribution in [0.4, 0.5) is 0 Å². The predicted molar refractivity (Wildman–Crippen MR) is 255 cm³/mol. The molecule has 2 aromatic heterocycles. The maximum absolute atomic E-state index is 12.7. The maximum Gasteiger partial charge on any atom is 0.300 e. The van der Waals surface area contributed by atoms with E-state index in [0.717, 1.165) is 40.6 Å². The second-order valence-corrected chi connectivity index (χ2v) is 13.2. The van der Waals surface area contributed by atoms with Crippen molar-refractivity contribution in [1.29, 1.82) is 0 Å². The molecule has 20 heteroatoms. The van der Waals surface area contributed by atoms with Gasteiger partial charge in [-0.2, -0.15) is 5.10 Å². The minimum absolute atomic E-state index is 0.250. The topological polar surface area (TPSA) is 271 Å².